The van der Waals surface area contributed by atoms with E-state index in [4.69, 9.17) is 4.74 Å². The lowest BCUT2D eigenvalue weighted by Gasteiger charge is -2.36. The highest BCUT2D eigenvalue weighted by Crippen LogP contribution is 2.15. The minimum atomic E-state index is 0.609. The number of guanidine groups is 1. The van der Waals surface area contributed by atoms with Crippen LogP contribution in [0.4, 0.5) is 5.95 Å². The lowest BCUT2D eigenvalue weighted by Crippen LogP contribution is -2.52. The number of rotatable bonds is 5. The number of methoxy groups -OCH3 is 1. The van der Waals surface area contributed by atoms with Gasteiger partial charge in [0.05, 0.1) is 25.0 Å². The number of anilines is 1. The van der Waals surface area contributed by atoms with Crippen LogP contribution in [0.25, 0.3) is 5.69 Å². The molecule has 1 fully saturated rings. The summed E-state index contributed by atoms with van der Waals surface area (Å²) in [5, 5.41) is 8.08. The van der Waals surface area contributed by atoms with Crippen molar-refractivity contribution in [3.8, 4) is 11.4 Å². The van der Waals surface area contributed by atoms with Crippen LogP contribution < -0.4 is 15.0 Å². The summed E-state index contributed by atoms with van der Waals surface area (Å²) in [6.45, 7) is 4.04. The highest BCUT2D eigenvalue weighted by Gasteiger charge is 2.21. The van der Waals surface area contributed by atoms with Crippen LogP contribution in [0.15, 0.2) is 60.0 Å². The van der Waals surface area contributed by atoms with Crippen LogP contribution in [-0.2, 0) is 6.54 Å². The molecule has 0 aliphatic carbocycles. The Morgan fingerprint density at radius 3 is 2.47 bits per heavy atom. The molecule has 0 spiro atoms. The van der Waals surface area contributed by atoms with Crippen molar-refractivity contribution in [2.75, 3.05) is 45.2 Å². The lowest BCUT2D eigenvalue weighted by molar-refractivity contribution is 0.369. The third-order valence-electron chi connectivity index (χ3n) is 5.03. The third-order valence-corrected chi connectivity index (χ3v) is 5.03. The Kier molecular flexibility index (Phi) is 6.07. The lowest BCUT2D eigenvalue weighted by atomic mass is 10.3. The minimum Gasteiger partial charge on any atom is -0.497 e. The second-order valence-corrected chi connectivity index (χ2v) is 6.87. The summed E-state index contributed by atoms with van der Waals surface area (Å²) in [6, 6.07) is 11.7. The maximum atomic E-state index is 5.21. The fraction of sp³-hybridized carbons (Fsp3) is 0.333. The molecular formula is C21H26N8O. The molecule has 9 nitrogen and oxygen atoms in total. The second-order valence-electron chi connectivity index (χ2n) is 6.87. The van der Waals surface area contributed by atoms with Crippen LogP contribution in [0, 0.1) is 0 Å². The van der Waals surface area contributed by atoms with Gasteiger partial charge in [0.25, 0.3) is 0 Å². The summed E-state index contributed by atoms with van der Waals surface area (Å²) in [7, 11) is 3.47. The van der Waals surface area contributed by atoms with Crippen molar-refractivity contribution in [3.05, 3.63) is 60.7 Å². The first-order chi connectivity index (χ1) is 14.8. The van der Waals surface area contributed by atoms with Gasteiger partial charge >= 0.3 is 0 Å². The Morgan fingerprint density at radius 2 is 1.80 bits per heavy atom. The van der Waals surface area contributed by atoms with Gasteiger partial charge in [0, 0.05) is 51.8 Å². The zero-order valence-electron chi connectivity index (χ0n) is 17.3. The van der Waals surface area contributed by atoms with Gasteiger partial charge in [0.15, 0.2) is 5.96 Å². The monoisotopic (exact) mass is 406 g/mol. The molecule has 0 amide bonds. The molecule has 4 rings (SSSR count). The van der Waals surface area contributed by atoms with Crippen molar-refractivity contribution in [3.63, 3.8) is 0 Å². The van der Waals surface area contributed by atoms with Crippen LogP contribution in [-0.4, -0.2) is 70.9 Å². The van der Waals surface area contributed by atoms with Gasteiger partial charge in [-0.25, -0.2) is 14.6 Å². The van der Waals surface area contributed by atoms with Crippen molar-refractivity contribution in [1.29, 1.82) is 0 Å². The summed E-state index contributed by atoms with van der Waals surface area (Å²) < 4.78 is 7.07. The van der Waals surface area contributed by atoms with Crippen LogP contribution in [0.3, 0.4) is 0 Å². The first kappa shape index (κ1) is 19.7. The summed E-state index contributed by atoms with van der Waals surface area (Å²) in [4.78, 5) is 17.6. The molecule has 3 heterocycles. The molecule has 9 heteroatoms. The molecule has 0 bridgehead atoms. The van der Waals surface area contributed by atoms with Crippen molar-refractivity contribution in [1.82, 2.24) is 30.0 Å². The number of piperazine rings is 1. The van der Waals surface area contributed by atoms with E-state index in [2.05, 4.69) is 35.2 Å². The molecule has 1 aliphatic heterocycles. The zero-order valence-corrected chi connectivity index (χ0v) is 17.3. The summed E-state index contributed by atoms with van der Waals surface area (Å²) in [5.41, 5.74) is 1.94. The molecule has 1 aromatic carbocycles. The molecule has 0 atom stereocenters. The van der Waals surface area contributed by atoms with E-state index in [1.807, 2.05) is 54.3 Å². The molecule has 0 radical (unpaired) electrons. The van der Waals surface area contributed by atoms with Crippen LogP contribution in [0.5, 0.6) is 5.75 Å². The SMILES string of the molecule is CN=C(NCc1ccn(-c2ccc(OC)cc2)n1)N1CCN(c2ncccn2)CC1. The van der Waals surface area contributed by atoms with Gasteiger partial charge in [-0.1, -0.05) is 0 Å². The molecule has 1 N–H and O–H groups in total. The van der Waals surface area contributed by atoms with Crippen LogP contribution in [0.1, 0.15) is 5.69 Å². The number of hydrogen-bond donors (Lipinski definition) is 1. The molecule has 3 aromatic rings. The van der Waals surface area contributed by atoms with E-state index in [-0.39, 0.29) is 0 Å². The molecule has 1 aliphatic rings. The molecule has 1 saturated heterocycles. The summed E-state index contributed by atoms with van der Waals surface area (Å²) in [5.74, 6) is 2.49. The predicted octanol–water partition coefficient (Wildman–Crippen LogP) is 1.57. The van der Waals surface area contributed by atoms with E-state index < -0.39 is 0 Å². The average molecular weight is 406 g/mol. The first-order valence-corrected chi connectivity index (χ1v) is 9.93. The second kappa shape index (κ2) is 9.25. The number of hydrogen-bond acceptors (Lipinski definition) is 6. The maximum Gasteiger partial charge on any atom is 0.225 e. The minimum absolute atomic E-state index is 0.609. The maximum absolute atomic E-state index is 5.21. The van der Waals surface area contributed by atoms with Gasteiger partial charge in [-0.3, -0.25) is 4.99 Å². The van der Waals surface area contributed by atoms with E-state index in [9.17, 15) is 0 Å². The quantitative estimate of drug-likeness (QED) is 0.509. The smallest absolute Gasteiger partial charge is 0.225 e. The first-order valence-electron chi connectivity index (χ1n) is 9.93. The molecule has 0 unspecified atom stereocenters. The predicted molar refractivity (Wildman–Crippen MR) is 116 cm³/mol. The number of aromatic nitrogens is 4. The molecule has 0 saturated carbocycles. The third kappa shape index (κ3) is 4.51. The molecule has 156 valence electrons. The van der Waals surface area contributed by atoms with Gasteiger partial charge in [0.1, 0.15) is 5.75 Å². The Hall–Kier alpha value is -3.62. The molecule has 2 aromatic heterocycles. The van der Waals surface area contributed by atoms with Crippen molar-refractivity contribution < 1.29 is 4.74 Å². The Balaban J connectivity index is 1.31. The van der Waals surface area contributed by atoms with E-state index in [1.165, 1.54) is 0 Å². The van der Waals surface area contributed by atoms with Crippen LogP contribution in [0.2, 0.25) is 0 Å². The van der Waals surface area contributed by atoms with Gasteiger partial charge in [0.2, 0.25) is 5.95 Å². The number of ether oxygens (including phenoxy) is 1. The number of aliphatic imine (C=N–C) groups is 1. The topological polar surface area (TPSA) is 83.7 Å². The van der Waals surface area contributed by atoms with Crippen molar-refractivity contribution >= 4 is 11.9 Å². The Labute approximate surface area is 176 Å². The van der Waals surface area contributed by atoms with Gasteiger partial charge < -0.3 is 19.9 Å². The Morgan fingerprint density at radius 1 is 1.07 bits per heavy atom. The summed E-state index contributed by atoms with van der Waals surface area (Å²) >= 11 is 0. The summed E-state index contributed by atoms with van der Waals surface area (Å²) in [6.07, 6.45) is 5.51. The molecule has 30 heavy (non-hydrogen) atoms. The standard InChI is InChI=1S/C21H26N8O/c1-22-20(27-12-14-28(15-13-27)21-23-9-3-10-24-21)25-16-17-8-11-29(26-17)18-4-6-19(30-2)7-5-18/h3-11H,12-16H2,1-2H3,(H,22,25). The fourth-order valence-electron chi connectivity index (χ4n) is 3.41. The van der Waals surface area contributed by atoms with Gasteiger partial charge in [-0.05, 0) is 36.4 Å². The van der Waals surface area contributed by atoms with E-state index in [0.29, 0.717) is 6.54 Å². The zero-order chi connectivity index (χ0) is 20.8. The highest BCUT2D eigenvalue weighted by atomic mass is 16.5. The van der Waals surface area contributed by atoms with Crippen molar-refractivity contribution in [2.24, 2.45) is 4.99 Å². The van der Waals surface area contributed by atoms with E-state index >= 15 is 0 Å². The number of nitrogens with zero attached hydrogens (tertiary/aromatic N) is 7. The van der Waals surface area contributed by atoms with E-state index in [1.54, 1.807) is 19.5 Å². The van der Waals surface area contributed by atoms with Crippen molar-refractivity contribution in [2.45, 2.75) is 6.54 Å². The molecular weight excluding hydrogens is 380 g/mol. The normalized spacial score (nSPS) is 14.7. The fourth-order valence-corrected chi connectivity index (χ4v) is 3.41. The van der Waals surface area contributed by atoms with Gasteiger partial charge in [-0.2, -0.15) is 5.10 Å². The van der Waals surface area contributed by atoms with E-state index in [0.717, 1.165) is 55.2 Å². The highest BCUT2D eigenvalue weighted by molar-refractivity contribution is 5.80. The number of nitrogens with one attached hydrogen (secondary N) is 1. The van der Waals surface area contributed by atoms with Gasteiger partial charge in [-0.15, -0.1) is 0 Å². The number of benzene rings is 1. The largest absolute Gasteiger partial charge is 0.497 e. The van der Waals surface area contributed by atoms with Crippen LogP contribution >= 0.6 is 0 Å². The average Bonchev–Trinajstić information content (AvgIpc) is 3.29. The Bertz CT molecular complexity index is 962.